The second-order valence-electron chi connectivity index (χ2n) is 9.61. The maximum atomic E-state index is 13.8. The van der Waals surface area contributed by atoms with Crippen molar-refractivity contribution < 1.29 is 14.3 Å². The van der Waals surface area contributed by atoms with Crippen molar-refractivity contribution in [3.8, 4) is 0 Å². The van der Waals surface area contributed by atoms with E-state index in [2.05, 4.69) is 43.0 Å². The Morgan fingerprint density at radius 2 is 2.06 bits per heavy atom. The molecule has 0 atom stereocenters. The van der Waals surface area contributed by atoms with Gasteiger partial charge in [0.2, 0.25) is 5.65 Å². The van der Waals surface area contributed by atoms with Crippen molar-refractivity contribution in [1.82, 2.24) is 24.6 Å². The number of hydrogen-bond donors (Lipinski definition) is 1. The largest absolute Gasteiger partial charge is 0.381 e. The van der Waals surface area contributed by atoms with Crippen LogP contribution < -0.4 is 10.5 Å². The number of aromatic nitrogens is 5. The van der Waals surface area contributed by atoms with Crippen molar-refractivity contribution in [2.24, 2.45) is 0 Å². The molecule has 4 aromatic rings. The highest BCUT2D eigenvalue weighted by atomic mass is 79.9. The minimum Gasteiger partial charge on any atom is -0.381 e. The van der Waals surface area contributed by atoms with Gasteiger partial charge in [0.05, 0.1) is 17.6 Å². The van der Waals surface area contributed by atoms with Gasteiger partial charge in [-0.15, -0.1) is 10.2 Å². The molecule has 0 unspecified atom stereocenters. The predicted octanol–water partition coefficient (Wildman–Crippen LogP) is 3.15. The smallest absolute Gasteiger partial charge is 0.294 e. The summed E-state index contributed by atoms with van der Waals surface area (Å²) in [7, 11) is 1.60. The molecule has 3 aromatic heterocycles. The lowest BCUT2D eigenvalue weighted by molar-refractivity contribution is 0.0533. The summed E-state index contributed by atoms with van der Waals surface area (Å²) >= 11 is 3.45. The van der Waals surface area contributed by atoms with E-state index in [1.165, 1.54) is 0 Å². The molecule has 1 aromatic carbocycles. The zero-order valence-corrected chi connectivity index (χ0v) is 21.6. The summed E-state index contributed by atoms with van der Waals surface area (Å²) in [5.74, 6) is 1.20. The SMILES string of the molecule is COCc1cc2c(cc1C(=O)N1CCc3cc(Br)cnc31)[nH]c(=O)c1nnc(C3(C)CCOCC3)n12. The summed E-state index contributed by atoms with van der Waals surface area (Å²) in [6.45, 7) is 4.15. The van der Waals surface area contributed by atoms with Crippen molar-refractivity contribution in [1.29, 1.82) is 0 Å². The first kappa shape index (κ1) is 23.3. The van der Waals surface area contributed by atoms with Gasteiger partial charge in [0.15, 0.2) is 0 Å². The Hall–Kier alpha value is -3.15. The van der Waals surface area contributed by atoms with E-state index in [1.807, 2.05) is 16.5 Å². The van der Waals surface area contributed by atoms with E-state index in [1.54, 1.807) is 24.3 Å². The van der Waals surface area contributed by atoms with Crippen LogP contribution in [0.2, 0.25) is 0 Å². The molecule has 5 heterocycles. The topological polar surface area (TPSA) is 115 Å². The number of hydrogen-bond acceptors (Lipinski definition) is 7. The number of pyridine rings is 1. The Labute approximate surface area is 214 Å². The summed E-state index contributed by atoms with van der Waals surface area (Å²) in [6.07, 6.45) is 3.98. The van der Waals surface area contributed by atoms with Crippen LogP contribution in [0.1, 0.15) is 47.1 Å². The van der Waals surface area contributed by atoms with Crippen LogP contribution in [-0.4, -0.2) is 57.3 Å². The molecule has 2 aliphatic rings. The molecule has 0 aliphatic carbocycles. The fraction of sp³-hybridized carbons (Fsp3) is 0.400. The zero-order chi connectivity index (χ0) is 25.0. The fourth-order valence-electron chi connectivity index (χ4n) is 5.25. The maximum Gasteiger partial charge on any atom is 0.294 e. The number of H-pyrrole nitrogens is 1. The van der Waals surface area contributed by atoms with Gasteiger partial charge in [-0.05, 0) is 64.5 Å². The number of amides is 1. The second-order valence-corrected chi connectivity index (χ2v) is 10.5. The Kier molecular flexibility index (Phi) is 5.66. The molecule has 36 heavy (non-hydrogen) atoms. The first-order valence-electron chi connectivity index (χ1n) is 11.9. The molecule has 1 N–H and O–H groups in total. The van der Waals surface area contributed by atoms with Gasteiger partial charge < -0.3 is 14.5 Å². The third-order valence-corrected chi connectivity index (χ3v) is 7.69. The number of rotatable bonds is 4. The van der Waals surface area contributed by atoms with E-state index in [0.29, 0.717) is 42.2 Å². The van der Waals surface area contributed by atoms with Crippen molar-refractivity contribution in [2.75, 3.05) is 31.8 Å². The van der Waals surface area contributed by atoms with E-state index >= 15 is 0 Å². The van der Waals surface area contributed by atoms with Crippen molar-refractivity contribution >= 4 is 44.3 Å². The number of ether oxygens (including phenoxy) is 2. The van der Waals surface area contributed by atoms with E-state index in [9.17, 15) is 9.59 Å². The van der Waals surface area contributed by atoms with Crippen LogP contribution in [0.3, 0.4) is 0 Å². The number of nitrogens with zero attached hydrogens (tertiary/aromatic N) is 5. The van der Waals surface area contributed by atoms with Crippen molar-refractivity contribution in [3.63, 3.8) is 0 Å². The molecule has 10 nitrogen and oxygen atoms in total. The fourth-order valence-corrected chi connectivity index (χ4v) is 5.63. The van der Waals surface area contributed by atoms with E-state index in [4.69, 9.17) is 9.47 Å². The lowest BCUT2D eigenvalue weighted by atomic mass is 9.81. The third kappa shape index (κ3) is 3.64. The molecular formula is C25H25BrN6O4. The molecule has 0 spiro atoms. The lowest BCUT2D eigenvalue weighted by Gasteiger charge is -2.32. The molecule has 1 amide bonds. The van der Waals surface area contributed by atoms with Gasteiger partial charge in [-0.25, -0.2) is 4.98 Å². The molecule has 0 radical (unpaired) electrons. The van der Waals surface area contributed by atoms with Gasteiger partial charge in [0.25, 0.3) is 11.5 Å². The lowest BCUT2D eigenvalue weighted by Crippen LogP contribution is -2.33. The second kappa shape index (κ2) is 8.75. The van der Waals surface area contributed by atoms with Crippen LogP contribution in [0.25, 0.3) is 16.7 Å². The Bertz CT molecular complexity index is 1570. The van der Waals surface area contributed by atoms with Crippen molar-refractivity contribution in [2.45, 2.75) is 38.2 Å². The Balaban J connectivity index is 1.53. The van der Waals surface area contributed by atoms with Crippen LogP contribution >= 0.6 is 15.9 Å². The first-order valence-corrected chi connectivity index (χ1v) is 12.7. The molecule has 1 fully saturated rings. The highest BCUT2D eigenvalue weighted by Crippen LogP contribution is 2.35. The van der Waals surface area contributed by atoms with Gasteiger partial charge in [-0.1, -0.05) is 6.92 Å². The zero-order valence-electron chi connectivity index (χ0n) is 20.0. The number of anilines is 1. The van der Waals surface area contributed by atoms with Gasteiger partial charge in [0.1, 0.15) is 11.6 Å². The molecule has 186 valence electrons. The average Bonchev–Trinajstić information content (AvgIpc) is 3.50. The number of fused-ring (bicyclic) bond motifs is 4. The summed E-state index contributed by atoms with van der Waals surface area (Å²) < 4.78 is 13.8. The van der Waals surface area contributed by atoms with Crippen LogP contribution in [-0.2, 0) is 27.9 Å². The number of carbonyl (C=O) groups is 1. The molecule has 0 saturated carbocycles. The van der Waals surface area contributed by atoms with E-state index in [-0.39, 0.29) is 29.1 Å². The Morgan fingerprint density at radius 3 is 2.83 bits per heavy atom. The average molecular weight is 553 g/mol. The summed E-state index contributed by atoms with van der Waals surface area (Å²) in [5, 5.41) is 8.68. The molecule has 6 rings (SSSR count). The summed E-state index contributed by atoms with van der Waals surface area (Å²) in [4.78, 5) is 35.9. The number of aromatic amines is 1. The number of nitrogens with one attached hydrogen (secondary N) is 1. The van der Waals surface area contributed by atoms with Crippen LogP contribution in [0.4, 0.5) is 5.82 Å². The minimum absolute atomic E-state index is 0.182. The normalized spacial score (nSPS) is 17.1. The monoisotopic (exact) mass is 552 g/mol. The number of benzene rings is 1. The van der Waals surface area contributed by atoms with Gasteiger partial charge in [0, 0.05) is 48.5 Å². The summed E-state index contributed by atoms with van der Waals surface area (Å²) in [6, 6.07) is 5.63. The number of carbonyl (C=O) groups excluding carboxylic acids is 1. The standard InChI is InChI=1S/C25H25BrN6O4/c1-25(4-7-36-8-5-25)24-30-29-21-22(33)28-18-11-17(15(13-35-2)10-19(18)32(21)24)23(34)31-6-3-14-9-16(26)12-27-20(14)31/h9-12H,3-8,13H2,1-2H3,(H,28,33). The third-order valence-electron chi connectivity index (χ3n) is 7.26. The van der Waals surface area contributed by atoms with Gasteiger partial charge >= 0.3 is 0 Å². The Morgan fingerprint density at radius 1 is 1.25 bits per heavy atom. The number of halogens is 1. The van der Waals surface area contributed by atoms with Gasteiger partial charge in [-0.2, -0.15) is 0 Å². The minimum atomic E-state index is -0.354. The quantitative estimate of drug-likeness (QED) is 0.413. The van der Waals surface area contributed by atoms with Crippen LogP contribution in [0, 0.1) is 0 Å². The van der Waals surface area contributed by atoms with Crippen LogP contribution in [0.5, 0.6) is 0 Å². The van der Waals surface area contributed by atoms with Crippen molar-refractivity contribution in [3.05, 3.63) is 61.7 Å². The molecule has 0 bridgehead atoms. The van der Waals surface area contributed by atoms with Crippen LogP contribution in [0.15, 0.2) is 33.7 Å². The molecule has 11 heteroatoms. The summed E-state index contributed by atoms with van der Waals surface area (Å²) in [5.41, 5.74) is 3.05. The van der Waals surface area contributed by atoms with E-state index < -0.39 is 0 Å². The highest BCUT2D eigenvalue weighted by molar-refractivity contribution is 9.10. The molecule has 1 saturated heterocycles. The first-order chi connectivity index (χ1) is 17.4. The predicted molar refractivity (Wildman–Crippen MR) is 137 cm³/mol. The maximum absolute atomic E-state index is 13.8. The highest BCUT2D eigenvalue weighted by Gasteiger charge is 2.35. The van der Waals surface area contributed by atoms with Gasteiger partial charge in [-0.3, -0.25) is 18.9 Å². The molecular weight excluding hydrogens is 528 g/mol. The van der Waals surface area contributed by atoms with E-state index in [0.717, 1.165) is 40.6 Å². The number of methoxy groups -OCH3 is 1. The molecule has 2 aliphatic heterocycles.